The van der Waals surface area contributed by atoms with E-state index in [1.807, 2.05) is 0 Å². The van der Waals surface area contributed by atoms with Crippen molar-refractivity contribution in [3.05, 3.63) is 41.2 Å². The Balaban J connectivity index is 1.73. The zero-order valence-corrected chi connectivity index (χ0v) is 18.0. The molecule has 0 bridgehead atoms. The molecular formula is C25H35N3O. The lowest BCUT2D eigenvalue weighted by atomic mass is 9.89. The van der Waals surface area contributed by atoms with Crippen LogP contribution in [0.1, 0.15) is 73.6 Å². The summed E-state index contributed by atoms with van der Waals surface area (Å²) in [5.74, 6) is 0.407. The number of hydrogen-bond acceptors (Lipinski definition) is 2. The van der Waals surface area contributed by atoms with Gasteiger partial charge in [0.2, 0.25) is 0 Å². The fourth-order valence-electron chi connectivity index (χ4n) is 5.47. The number of rotatable bonds is 6. The zero-order chi connectivity index (χ0) is 20.4. The third kappa shape index (κ3) is 3.94. The second-order valence-corrected chi connectivity index (χ2v) is 8.86. The van der Waals surface area contributed by atoms with Crippen molar-refractivity contribution in [3.8, 4) is 11.1 Å². The van der Waals surface area contributed by atoms with E-state index in [2.05, 4.69) is 47.6 Å². The maximum Gasteiger partial charge on any atom is 0.251 e. The SMILES string of the molecule is CCc1c(-c2ccc(N3CCCC3)cc2)c(C(N)=O)c(C)n1CC1CCCCC1. The molecule has 0 atom stereocenters. The largest absolute Gasteiger partial charge is 0.372 e. The molecule has 4 rings (SSSR count). The summed E-state index contributed by atoms with van der Waals surface area (Å²) in [5, 5.41) is 0. The van der Waals surface area contributed by atoms with Crippen molar-refractivity contribution >= 4 is 11.6 Å². The summed E-state index contributed by atoms with van der Waals surface area (Å²) in [4.78, 5) is 14.9. The highest BCUT2D eigenvalue weighted by Crippen LogP contribution is 2.36. The Kier molecular flexibility index (Phi) is 5.98. The molecule has 2 heterocycles. The summed E-state index contributed by atoms with van der Waals surface area (Å²) >= 11 is 0. The van der Waals surface area contributed by atoms with Gasteiger partial charge in [-0.3, -0.25) is 4.79 Å². The van der Waals surface area contributed by atoms with Gasteiger partial charge in [-0.2, -0.15) is 0 Å². The number of anilines is 1. The lowest BCUT2D eigenvalue weighted by Gasteiger charge is -2.24. The molecule has 29 heavy (non-hydrogen) atoms. The maximum atomic E-state index is 12.5. The predicted octanol–water partition coefficient (Wildman–Crippen LogP) is 5.31. The van der Waals surface area contributed by atoms with Gasteiger partial charge in [-0.25, -0.2) is 0 Å². The number of amides is 1. The average molecular weight is 394 g/mol. The molecule has 2 fully saturated rings. The molecule has 1 aliphatic heterocycles. The molecule has 2 aliphatic rings. The van der Waals surface area contributed by atoms with E-state index in [1.54, 1.807) is 0 Å². The van der Waals surface area contributed by atoms with Crippen LogP contribution in [0.25, 0.3) is 11.1 Å². The average Bonchev–Trinajstić information content (AvgIpc) is 3.36. The van der Waals surface area contributed by atoms with E-state index < -0.39 is 0 Å². The lowest BCUT2D eigenvalue weighted by Crippen LogP contribution is -2.17. The van der Waals surface area contributed by atoms with Crippen molar-refractivity contribution in [2.45, 2.75) is 71.8 Å². The summed E-state index contributed by atoms with van der Waals surface area (Å²) in [7, 11) is 0. The van der Waals surface area contributed by atoms with Crippen molar-refractivity contribution in [1.29, 1.82) is 0 Å². The minimum Gasteiger partial charge on any atom is -0.372 e. The Bertz CT molecular complexity index is 853. The molecule has 1 aliphatic carbocycles. The van der Waals surface area contributed by atoms with E-state index >= 15 is 0 Å². The van der Waals surface area contributed by atoms with E-state index in [0.717, 1.165) is 42.9 Å². The van der Waals surface area contributed by atoms with Gasteiger partial charge in [0.05, 0.1) is 5.56 Å². The van der Waals surface area contributed by atoms with Crippen LogP contribution in [0.15, 0.2) is 24.3 Å². The summed E-state index contributed by atoms with van der Waals surface area (Å²) in [5.41, 5.74) is 12.4. The number of benzene rings is 1. The smallest absolute Gasteiger partial charge is 0.251 e. The number of aromatic nitrogens is 1. The van der Waals surface area contributed by atoms with Crippen LogP contribution in [0.5, 0.6) is 0 Å². The van der Waals surface area contributed by atoms with Gasteiger partial charge in [0.25, 0.3) is 5.91 Å². The highest BCUT2D eigenvalue weighted by Gasteiger charge is 2.26. The Morgan fingerprint density at radius 3 is 2.28 bits per heavy atom. The predicted molar refractivity (Wildman–Crippen MR) is 121 cm³/mol. The van der Waals surface area contributed by atoms with Gasteiger partial charge in [-0.1, -0.05) is 38.3 Å². The molecule has 0 radical (unpaired) electrons. The molecule has 0 unspecified atom stereocenters. The lowest BCUT2D eigenvalue weighted by molar-refractivity contribution is 0.1000. The Labute approximate surface area is 175 Å². The van der Waals surface area contributed by atoms with Crippen molar-refractivity contribution in [2.24, 2.45) is 11.7 Å². The van der Waals surface area contributed by atoms with Crippen LogP contribution in [-0.4, -0.2) is 23.6 Å². The fraction of sp³-hybridized carbons (Fsp3) is 0.560. The molecular weight excluding hydrogens is 358 g/mol. The Morgan fingerprint density at radius 1 is 1.03 bits per heavy atom. The third-order valence-electron chi connectivity index (χ3n) is 7.01. The highest BCUT2D eigenvalue weighted by atomic mass is 16.1. The van der Waals surface area contributed by atoms with Gasteiger partial charge in [0.15, 0.2) is 0 Å². The Hall–Kier alpha value is -2.23. The molecule has 2 aromatic rings. The van der Waals surface area contributed by atoms with Crippen LogP contribution in [0.2, 0.25) is 0 Å². The minimum absolute atomic E-state index is 0.307. The molecule has 1 amide bonds. The number of nitrogens with two attached hydrogens (primary N) is 1. The van der Waals surface area contributed by atoms with Gasteiger partial charge in [-0.05, 0) is 62.6 Å². The fourth-order valence-corrected chi connectivity index (χ4v) is 5.47. The molecule has 1 aromatic heterocycles. The van der Waals surface area contributed by atoms with E-state index in [0.29, 0.717) is 11.5 Å². The first-order chi connectivity index (χ1) is 14.1. The highest BCUT2D eigenvalue weighted by molar-refractivity contribution is 6.02. The summed E-state index contributed by atoms with van der Waals surface area (Å²) < 4.78 is 2.40. The topological polar surface area (TPSA) is 51.3 Å². The number of primary amides is 1. The van der Waals surface area contributed by atoms with Crippen LogP contribution >= 0.6 is 0 Å². The second kappa shape index (κ2) is 8.64. The first-order valence-electron chi connectivity index (χ1n) is 11.5. The van der Waals surface area contributed by atoms with Crippen molar-refractivity contribution < 1.29 is 4.79 Å². The number of hydrogen-bond donors (Lipinski definition) is 1. The third-order valence-corrected chi connectivity index (χ3v) is 7.01. The van der Waals surface area contributed by atoms with E-state index in [9.17, 15) is 4.79 Å². The molecule has 0 spiro atoms. The standard InChI is InChI=1S/C25H35N3O/c1-3-22-24(20-11-13-21(14-12-20)27-15-7-8-16-27)23(25(26)29)18(2)28(22)17-19-9-5-4-6-10-19/h11-14,19H,3-10,15-17H2,1-2H3,(H2,26,29). The monoisotopic (exact) mass is 393 g/mol. The second-order valence-electron chi connectivity index (χ2n) is 8.86. The summed E-state index contributed by atoms with van der Waals surface area (Å²) in [6.07, 6.45) is 10.1. The van der Waals surface area contributed by atoms with Crippen molar-refractivity contribution in [1.82, 2.24) is 4.57 Å². The minimum atomic E-state index is -0.307. The molecule has 156 valence electrons. The van der Waals surface area contributed by atoms with Crippen LogP contribution in [0.4, 0.5) is 5.69 Å². The van der Waals surface area contributed by atoms with E-state index in [4.69, 9.17) is 5.73 Å². The molecule has 4 heteroatoms. The van der Waals surface area contributed by atoms with E-state index in [-0.39, 0.29) is 5.91 Å². The van der Waals surface area contributed by atoms with Gasteiger partial charge in [-0.15, -0.1) is 0 Å². The number of carbonyl (C=O) groups is 1. The normalized spacial score (nSPS) is 17.8. The summed E-state index contributed by atoms with van der Waals surface area (Å²) in [6.45, 7) is 7.57. The zero-order valence-electron chi connectivity index (χ0n) is 18.0. The van der Waals surface area contributed by atoms with Gasteiger partial charge >= 0.3 is 0 Å². The molecule has 1 saturated heterocycles. The molecule has 4 nitrogen and oxygen atoms in total. The molecule has 1 saturated carbocycles. The van der Waals surface area contributed by atoms with Gasteiger partial charge < -0.3 is 15.2 Å². The van der Waals surface area contributed by atoms with E-state index in [1.165, 1.54) is 56.3 Å². The van der Waals surface area contributed by atoms with Crippen molar-refractivity contribution in [2.75, 3.05) is 18.0 Å². The van der Waals surface area contributed by atoms with Crippen LogP contribution in [0, 0.1) is 12.8 Å². The quantitative estimate of drug-likeness (QED) is 0.723. The van der Waals surface area contributed by atoms with Crippen LogP contribution in [0.3, 0.4) is 0 Å². The number of nitrogens with zero attached hydrogens (tertiary/aromatic N) is 2. The maximum absolute atomic E-state index is 12.5. The number of carbonyl (C=O) groups excluding carboxylic acids is 1. The Morgan fingerprint density at radius 2 is 1.69 bits per heavy atom. The molecule has 1 aromatic carbocycles. The van der Waals surface area contributed by atoms with Gasteiger partial charge in [0, 0.05) is 42.3 Å². The van der Waals surface area contributed by atoms with Gasteiger partial charge in [0.1, 0.15) is 0 Å². The molecule has 2 N–H and O–H groups in total. The summed E-state index contributed by atoms with van der Waals surface area (Å²) in [6, 6.07) is 8.77. The van der Waals surface area contributed by atoms with Crippen LogP contribution < -0.4 is 10.6 Å². The first-order valence-corrected chi connectivity index (χ1v) is 11.5. The van der Waals surface area contributed by atoms with Crippen molar-refractivity contribution in [3.63, 3.8) is 0 Å². The first kappa shape index (κ1) is 20.1. The van der Waals surface area contributed by atoms with Crippen LogP contribution in [-0.2, 0) is 13.0 Å².